The number of hydrogen-bond acceptors (Lipinski definition) is 3. The zero-order valence-corrected chi connectivity index (χ0v) is 16.8. The van der Waals surface area contributed by atoms with Crippen molar-refractivity contribution < 1.29 is 14.4 Å². The molecule has 4 rings (SSSR count). The fraction of sp³-hybridized carbons (Fsp3) is 0.292. The van der Waals surface area contributed by atoms with Gasteiger partial charge in [-0.25, -0.2) is 0 Å². The Hall–Kier alpha value is -3.41. The van der Waals surface area contributed by atoms with Gasteiger partial charge in [-0.3, -0.25) is 14.4 Å². The van der Waals surface area contributed by atoms with Crippen LogP contribution in [0.25, 0.3) is 10.9 Å². The predicted octanol–water partition coefficient (Wildman–Crippen LogP) is 2.81. The first-order valence-corrected chi connectivity index (χ1v) is 10.4. The number of hydrogen-bond donors (Lipinski definition) is 1. The summed E-state index contributed by atoms with van der Waals surface area (Å²) in [5.41, 5.74) is 2.30. The Bertz CT molecular complexity index is 1070. The van der Waals surface area contributed by atoms with Crippen molar-refractivity contribution in [1.29, 1.82) is 0 Å². The van der Waals surface area contributed by atoms with Crippen LogP contribution in [-0.4, -0.2) is 46.7 Å². The molecular weight excluding hydrogens is 378 g/mol. The zero-order chi connectivity index (χ0) is 20.9. The van der Waals surface area contributed by atoms with Crippen LogP contribution in [0, 0.1) is 0 Å². The van der Waals surface area contributed by atoms with Crippen molar-refractivity contribution in [2.45, 2.75) is 25.8 Å². The van der Waals surface area contributed by atoms with E-state index in [1.807, 2.05) is 54.6 Å². The number of benzene rings is 2. The van der Waals surface area contributed by atoms with Crippen LogP contribution in [0.2, 0.25) is 0 Å². The van der Waals surface area contributed by atoms with Gasteiger partial charge >= 0.3 is 0 Å². The van der Waals surface area contributed by atoms with E-state index >= 15 is 0 Å². The largest absolute Gasteiger partial charge is 0.354 e. The number of likely N-dealkylation sites (tertiary alicyclic amines) is 1. The number of amides is 2. The molecule has 0 radical (unpaired) electrons. The summed E-state index contributed by atoms with van der Waals surface area (Å²) in [7, 11) is 0. The first-order valence-electron chi connectivity index (χ1n) is 10.4. The summed E-state index contributed by atoms with van der Waals surface area (Å²) in [6.45, 7) is 1.90. The summed E-state index contributed by atoms with van der Waals surface area (Å²) in [6.07, 6.45) is 4.26. The minimum atomic E-state index is -0.503. The van der Waals surface area contributed by atoms with E-state index in [1.54, 1.807) is 15.7 Å². The van der Waals surface area contributed by atoms with Gasteiger partial charge in [-0.05, 0) is 30.9 Å². The minimum absolute atomic E-state index is 0.0977. The van der Waals surface area contributed by atoms with Crippen LogP contribution in [0.1, 0.15) is 28.8 Å². The Labute approximate surface area is 175 Å². The molecule has 1 N–H and O–H groups in total. The number of rotatable bonds is 7. The maximum absolute atomic E-state index is 12.9. The Morgan fingerprint density at radius 3 is 2.37 bits per heavy atom. The van der Waals surface area contributed by atoms with Crippen molar-refractivity contribution in [3.63, 3.8) is 0 Å². The molecule has 0 bridgehead atoms. The maximum atomic E-state index is 12.9. The molecule has 3 aromatic rings. The lowest BCUT2D eigenvalue weighted by molar-refractivity contribution is -0.125. The summed E-state index contributed by atoms with van der Waals surface area (Å²) >= 11 is 0. The van der Waals surface area contributed by atoms with E-state index in [0.29, 0.717) is 30.6 Å². The van der Waals surface area contributed by atoms with E-state index in [-0.39, 0.29) is 12.5 Å². The molecule has 0 unspecified atom stereocenters. The first-order chi connectivity index (χ1) is 14.6. The summed E-state index contributed by atoms with van der Waals surface area (Å²) < 4.78 is 1.75. The Balaban J connectivity index is 1.47. The van der Waals surface area contributed by atoms with E-state index in [4.69, 9.17) is 0 Å². The van der Waals surface area contributed by atoms with Gasteiger partial charge < -0.3 is 14.8 Å². The minimum Gasteiger partial charge on any atom is -0.354 e. The molecule has 0 saturated carbocycles. The van der Waals surface area contributed by atoms with Crippen molar-refractivity contribution in [2.75, 3.05) is 19.6 Å². The molecule has 1 aromatic heterocycles. The highest BCUT2D eigenvalue weighted by atomic mass is 16.2. The lowest BCUT2D eigenvalue weighted by Gasteiger charge is -2.13. The molecule has 2 amide bonds. The smallest absolute Gasteiger partial charge is 0.295 e. The fourth-order valence-electron chi connectivity index (χ4n) is 3.94. The number of fused-ring (bicyclic) bond motifs is 1. The van der Waals surface area contributed by atoms with Crippen molar-refractivity contribution in [2.24, 2.45) is 0 Å². The van der Waals surface area contributed by atoms with Crippen LogP contribution in [-0.2, 0) is 22.6 Å². The molecular formula is C24H25N3O3. The van der Waals surface area contributed by atoms with Gasteiger partial charge in [0.2, 0.25) is 5.91 Å². The van der Waals surface area contributed by atoms with Gasteiger partial charge in [-0.15, -0.1) is 0 Å². The first kappa shape index (κ1) is 19.9. The van der Waals surface area contributed by atoms with Crippen LogP contribution in [0.15, 0.2) is 60.8 Å². The van der Waals surface area contributed by atoms with Gasteiger partial charge in [0, 0.05) is 36.7 Å². The molecule has 30 heavy (non-hydrogen) atoms. The Morgan fingerprint density at radius 1 is 0.900 bits per heavy atom. The van der Waals surface area contributed by atoms with Gasteiger partial charge in [0.15, 0.2) is 0 Å². The molecule has 6 nitrogen and oxygen atoms in total. The molecule has 2 heterocycles. The van der Waals surface area contributed by atoms with Crippen LogP contribution in [0.5, 0.6) is 0 Å². The lowest BCUT2D eigenvalue weighted by atomic mass is 10.1. The zero-order valence-electron chi connectivity index (χ0n) is 16.8. The number of nitrogens with zero attached hydrogens (tertiary/aromatic N) is 2. The molecule has 0 spiro atoms. The van der Waals surface area contributed by atoms with Crippen molar-refractivity contribution in [1.82, 2.24) is 14.8 Å². The molecule has 1 aliphatic heterocycles. The van der Waals surface area contributed by atoms with E-state index in [2.05, 4.69) is 5.32 Å². The van der Waals surface area contributed by atoms with E-state index in [1.165, 1.54) is 0 Å². The van der Waals surface area contributed by atoms with Crippen LogP contribution in [0.3, 0.4) is 0 Å². The monoisotopic (exact) mass is 403 g/mol. The summed E-state index contributed by atoms with van der Waals surface area (Å²) in [5, 5.41) is 3.63. The fourth-order valence-corrected chi connectivity index (χ4v) is 3.94. The van der Waals surface area contributed by atoms with Gasteiger partial charge in [-0.1, -0.05) is 48.5 Å². The van der Waals surface area contributed by atoms with Crippen LogP contribution in [0.4, 0.5) is 0 Å². The second kappa shape index (κ2) is 8.95. The normalized spacial score (nSPS) is 13.5. The second-order valence-corrected chi connectivity index (χ2v) is 7.60. The van der Waals surface area contributed by atoms with Crippen molar-refractivity contribution in [3.05, 3.63) is 71.9 Å². The Morgan fingerprint density at radius 2 is 1.60 bits per heavy atom. The number of para-hydroxylation sites is 1. The molecule has 1 fully saturated rings. The highest BCUT2D eigenvalue weighted by Crippen LogP contribution is 2.23. The molecule has 1 aliphatic rings. The second-order valence-electron chi connectivity index (χ2n) is 7.60. The third kappa shape index (κ3) is 4.27. The molecule has 6 heteroatoms. The lowest BCUT2D eigenvalue weighted by Crippen LogP contribution is -2.34. The number of Topliss-reactive ketones (excluding diaryl/α,β-unsaturated/α-hetero) is 1. The predicted molar refractivity (Wildman–Crippen MR) is 115 cm³/mol. The van der Waals surface area contributed by atoms with E-state index in [0.717, 1.165) is 30.3 Å². The highest BCUT2D eigenvalue weighted by Gasteiger charge is 2.28. The number of carbonyl (C=O) groups is 3. The van der Waals surface area contributed by atoms with E-state index in [9.17, 15) is 14.4 Å². The van der Waals surface area contributed by atoms with Crippen molar-refractivity contribution in [3.8, 4) is 0 Å². The SMILES string of the molecule is O=C(Cn1cc(C(=O)C(=O)N2CCCC2)c2ccccc21)NCCc1ccccc1. The third-order valence-electron chi connectivity index (χ3n) is 5.51. The molecule has 154 valence electrons. The number of ketones is 1. The van der Waals surface area contributed by atoms with Crippen LogP contribution < -0.4 is 5.32 Å². The molecule has 1 saturated heterocycles. The summed E-state index contributed by atoms with van der Waals surface area (Å²) in [4.78, 5) is 39.5. The highest BCUT2D eigenvalue weighted by molar-refractivity contribution is 6.44. The summed E-state index contributed by atoms with van der Waals surface area (Å²) in [5.74, 6) is -1.09. The third-order valence-corrected chi connectivity index (χ3v) is 5.51. The quantitative estimate of drug-likeness (QED) is 0.487. The maximum Gasteiger partial charge on any atom is 0.295 e. The number of nitrogens with one attached hydrogen (secondary N) is 1. The number of aromatic nitrogens is 1. The standard InChI is InChI=1S/C24H25N3O3/c28-22(25-13-12-18-8-2-1-3-9-18)17-27-16-20(19-10-4-5-11-21(19)27)23(29)24(30)26-14-6-7-15-26/h1-5,8-11,16H,6-7,12-15,17H2,(H,25,28). The van der Waals surface area contributed by atoms with Crippen LogP contribution >= 0.6 is 0 Å². The Kier molecular flexibility index (Phi) is 5.93. The van der Waals surface area contributed by atoms with Gasteiger partial charge in [0.05, 0.1) is 5.56 Å². The molecule has 0 atom stereocenters. The topological polar surface area (TPSA) is 71.4 Å². The van der Waals surface area contributed by atoms with Gasteiger partial charge in [-0.2, -0.15) is 0 Å². The molecule has 0 aliphatic carbocycles. The van der Waals surface area contributed by atoms with Crippen molar-refractivity contribution >= 4 is 28.5 Å². The summed E-state index contributed by atoms with van der Waals surface area (Å²) in [6, 6.07) is 17.4. The van der Waals surface area contributed by atoms with Gasteiger partial charge in [0.25, 0.3) is 11.7 Å². The van der Waals surface area contributed by atoms with E-state index < -0.39 is 11.7 Å². The van der Waals surface area contributed by atoms with Gasteiger partial charge in [0.1, 0.15) is 6.54 Å². The average Bonchev–Trinajstić information content (AvgIpc) is 3.42. The average molecular weight is 403 g/mol. The molecule has 2 aromatic carbocycles. The number of carbonyl (C=O) groups excluding carboxylic acids is 3.